The monoisotopic (exact) mass is 490 g/mol. The minimum atomic E-state index is -0.783. The summed E-state index contributed by atoms with van der Waals surface area (Å²) in [6, 6.07) is 7.67. The molecule has 0 aliphatic carbocycles. The number of hydrazine groups is 1. The van der Waals surface area contributed by atoms with Gasteiger partial charge >= 0.3 is 6.09 Å². The van der Waals surface area contributed by atoms with Gasteiger partial charge < -0.3 is 15.0 Å². The quantitative estimate of drug-likeness (QED) is 0.614. The van der Waals surface area contributed by atoms with Gasteiger partial charge in [-0.15, -0.1) is 0 Å². The van der Waals surface area contributed by atoms with Gasteiger partial charge in [-0.2, -0.15) is 0 Å². The minimum Gasteiger partial charge on any atom is -0.442 e. The molecule has 0 bridgehead atoms. The molecule has 2 saturated heterocycles. The highest BCUT2D eigenvalue weighted by atomic mass is 32.1. The Morgan fingerprint density at radius 3 is 2.71 bits per heavy atom. The van der Waals surface area contributed by atoms with E-state index in [4.69, 9.17) is 17.0 Å². The Morgan fingerprint density at radius 2 is 2.03 bits per heavy atom. The van der Waals surface area contributed by atoms with Crippen LogP contribution in [0.5, 0.6) is 0 Å². The smallest absolute Gasteiger partial charge is 0.414 e. The molecule has 12 heteroatoms. The number of halogens is 2. The molecule has 1 aromatic heterocycles. The van der Waals surface area contributed by atoms with E-state index in [1.165, 1.54) is 6.92 Å². The summed E-state index contributed by atoms with van der Waals surface area (Å²) in [6.45, 7) is 3.01. The maximum Gasteiger partial charge on any atom is 0.414 e. The summed E-state index contributed by atoms with van der Waals surface area (Å²) in [4.78, 5) is 30.8. The van der Waals surface area contributed by atoms with Gasteiger partial charge in [0.25, 0.3) is 0 Å². The summed E-state index contributed by atoms with van der Waals surface area (Å²) < 4.78 is 35.4. The maximum atomic E-state index is 15.1. The zero-order valence-electron chi connectivity index (χ0n) is 18.5. The second-order valence-electron chi connectivity index (χ2n) is 7.88. The summed E-state index contributed by atoms with van der Waals surface area (Å²) >= 11 is 5.50. The molecular formula is C22H24F2N6O3S. The van der Waals surface area contributed by atoms with Crippen LogP contribution in [0, 0.1) is 11.6 Å². The number of hydrogen-bond acceptors (Lipinski definition) is 7. The van der Waals surface area contributed by atoms with Gasteiger partial charge in [0, 0.05) is 44.9 Å². The van der Waals surface area contributed by atoms with Crippen molar-refractivity contribution in [3.8, 4) is 0 Å². The van der Waals surface area contributed by atoms with Gasteiger partial charge in [-0.1, -0.05) is 18.3 Å². The van der Waals surface area contributed by atoms with Gasteiger partial charge in [0.15, 0.2) is 11.6 Å². The Hall–Kier alpha value is -3.38. The van der Waals surface area contributed by atoms with E-state index in [1.54, 1.807) is 28.2 Å². The third-order valence-corrected chi connectivity index (χ3v) is 5.92. The Balaban J connectivity index is 1.45. The van der Waals surface area contributed by atoms with Gasteiger partial charge in [0.05, 0.1) is 31.0 Å². The number of amides is 2. The van der Waals surface area contributed by atoms with E-state index in [2.05, 4.69) is 15.7 Å². The minimum absolute atomic E-state index is 0.0555. The number of carbonyl (C=O) groups excluding carboxylic acids is 2. The number of cyclic esters (lactones) is 1. The average molecular weight is 491 g/mol. The molecule has 1 atom stereocenters. The molecule has 2 aliphatic heterocycles. The van der Waals surface area contributed by atoms with E-state index in [0.29, 0.717) is 36.9 Å². The zero-order chi connectivity index (χ0) is 24.2. The molecule has 3 heterocycles. The SMILES string of the molecule is CC(=O)NC[C@H]1CN(c2cc(F)c(N3CCNN(C(=S)c4ccccn4)CC3)c(F)c2)C(=O)O1. The first-order valence-electron chi connectivity index (χ1n) is 10.8. The van der Waals surface area contributed by atoms with Crippen molar-refractivity contribution in [3.63, 3.8) is 0 Å². The van der Waals surface area contributed by atoms with Crippen LogP contribution in [-0.2, 0) is 9.53 Å². The van der Waals surface area contributed by atoms with Crippen LogP contribution in [0.4, 0.5) is 25.0 Å². The molecule has 0 saturated carbocycles. The van der Waals surface area contributed by atoms with Gasteiger partial charge in [-0.3, -0.25) is 19.7 Å². The number of thiocarbonyl (C=S) groups is 1. The van der Waals surface area contributed by atoms with Crippen molar-refractivity contribution in [1.82, 2.24) is 20.7 Å². The molecule has 34 heavy (non-hydrogen) atoms. The molecule has 1 aromatic carbocycles. The number of hydrogen-bond donors (Lipinski definition) is 2. The van der Waals surface area contributed by atoms with E-state index in [1.807, 2.05) is 6.07 Å². The van der Waals surface area contributed by atoms with E-state index < -0.39 is 23.8 Å². The Morgan fingerprint density at radius 1 is 1.26 bits per heavy atom. The topological polar surface area (TPSA) is 90.0 Å². The third-order valence-electron chi connectivity index (χ3n) is 5.49. The van der Waals surface area contributed by atoms with Crippen LogP contribution in [0.2, 0.25) is 0 Å². The number of anilines is 2. The molecule has 2 aliphatic rings. The van der Waals surface area contributed by atoms with Crippen molar-refractivity contribution < 1.29 is 23.1 Å². The molecule has 2 fully saturated rings. The first kappa shape index (κ1) is 23.8. The summed E-state index contributed by atoms with van der Waals surface area (Å²) in [7, 11) is 0. The highest BCUT2D eigenvalue weighted by Gasteiger charge is 2.34. The largest absolute Gasteiger partial charge is 0.442 e. The summed E-state index contributed by atoms with van der Waals surface area (Å²) in [6.07, 6.45) is 0.323. The highest BCUT2D eigenvalue weighted by molar-refractivity contribution is 7.80. The van der Waals surface area contributed by atoms with Crippen LogP contribution < -0.4 is 20.5 Å². The van der Waals surface area contributed by atoms with E-state index >= 15 is 8.78 Å². The maximum absolute atomic E-state index is 15.1. The van der Waals surface area contributed by atoms with Crippen molar-refractivity contribution in [2.24, 2.45) is 0 Å². The van der Waals surface area contributed by atoms with Crippen LogP contribution in [0.15, 0.2) is 36.5 Å². The molecule has 180 valence electrons. The van der Waals surface area contributed by atoms with Crippen molar-refractivity contribution in [2.45, 2.75) is 13.0 Å². The van der Waals surface area contributed by atoms with Gasteiger partial charge in [0.2, 0.25) is 5.91 Å². The molecule has 0 spiro atoms. The fraction of sp³-hybridized carbons (Fsp3) is 0.364. The van der Waals surface area contributed by atoms with Crippen LogP contribution in [-0.4, -0.2) is 72.4 Å². The van der Waals surface area contributed by atoms with Crippen LogP contribution in [0.1, 0.15) is 12.6 Å². The van der Waals surface area contributed by atoms with Crippen LogP contribution in [0.3, 0.4) is 0 Å². The summed E-state index contributed by atoms with van der Waals surface area (Å²) in [5, 5.41) is 4.31. The van der Waals surface area contributed by atoms with Gasteiger partial charge in [0.1, 0.15) is 16.8 Å². The van der Waals surface area contributed by atoms with Crippen LogP contribution in [0.25, 0.3) is 0 Å². The van der Waals surface area contributed by atoms with E-state index in [-0.39, 0.29) is 30.4 Å². The number of ether oxygens (including phenoxy) is 1. The number of carbonyl (C=O) groups is 2. The Labute approximate surface area is 200 Å². The Bertz CT molecular complexity index is 1070. The lowest BCUT2D eigenvalue weighted by Gasteiger charge is -2.25. The zero-order valence-corrected chi connectivity index (χ0v) is 19.3. The summed E-state index contributed by atoms with van der Waals surface area (Å²) in [5.41, 5.74) is 3.69. The second-order valence-corrected chi connectivity index (χ2v) is 8.27. The predicted molar refractivity (Wildman–Crippen MR) is 126 cm³/mol. The number of aromatic nitrogens is 1. The number of pyridine rings is 1. The molecule has 2 N–H and O–H groups in total. The number of rotatable bonds is 5. The number of nitrogens with zero attached hydrogens (tertiary/aromatic N) is 4. The normalized spacial score (nSPS) is 18.5. The van der Waals surface area contributed by atoms with Gasteiger partial charge in [-0.05, 0) is 12.1 Å². The lowest BCUT2D eigenvalue weighted by molar-refractivity contribution is -0.119. The molecule has 9 nitrogen and oxygen atoms in total. The standard InChI is InChI=1S/C22H24F2N6O3S/c1-14(31)26-12-16-13-29(22(32)33-16)15-10-17(23)20(18(24)11-15)28-7-6-27-30(9-8-28)21(34)19-4-2-3-5-25-19/h2-5,10-11,16,27H,6-9,12-13H2,1H3,(H,26,31)/t16-/m0/s1. The predicted octanol–water partition coefficient (Wildman–Crippen LogP) is 1.82. The molecule has 2 amide bonds. The highest BCUT2D eigenvalue weighted by Crippen LogP contribution is 2.31. The van der Waals surface area contributed by atoms with Crippen molar-refractivity contribution in [1.29, 1.82) is 0 Å². The molecule has 0 radical (unpaired) electrons. The molecular weight excluding hydrogens is 466 g/mol. The van der Waals surface area contributed by atoms with E-state index in [0.717, 1.165) is 17.0 Å². The van der Waals surface area contributed by atoms with Gasteiger partial charge in [-0.25, -0.2) is 19.0 Å². The average Bonchev–Trinajstić information content (AvgIpc) is 3.02. The second kappa shape index (κ2) is 10.3. The van der Waals surface area contributed by atoms with Crippen molar-refractivity contribution >= 4 is 40.6 Å². The van der Waals surface area contributed by atoms with Crippen molar-refractivity contribution in [2.75, 3.05) is 49.1 Å². The number of benzene rings is 1. The lowest BCUT2D eigenvalue weighted by atomic mass is 10.2. The first-order chi connectivity index (χ1) is 16.3. The summed E-state index contributed by atoms with van der Waals surface area (Å²) in [5.74, 6) is -1.83. The first-order valence-corrected chi connectivity index (χ1v) is 11.2. The fourth-order valence-electron chi connectivity index (χ4n) is 3.86. The molecule has 2 aromatic rings. The number of nitrogens with one attached hydrogen (secondary N) is 2. The lowest BCUT2D eigenvalue weighted by Crippen LogP contribution is -2.43. The van der Waals surface area contributed by atoms with Crippen molar-refractivity contribution in [3.05, 3.63) is 53.9 Å². The van der Waals surface area contributed by atoms with E-state index in [9.17, 15) is 9.59 Å². The molecule has 4 rings (SSSR count). The third kappa shape index (κ3) is 5.23. The van der Waals surface area contributed by atoms with Crippen LogP contribution >= 0.6 is 12.2 Å². The Kier molecular flexibility index (Phi) is 7.17. The fourth-order valence-corrected chi connectivity index (χ4v) is 4.14. The molecule has 0 unspecified atom stereocenters.